The summed E-state index contributed by atoms with van der Waals surface area (Å²) in [6.07, 6.45) is 2.96. The number of aromatic nitrogens is 2. The van der Waals surface area contributed by atoms with Gasteiger partial charge in [-0.05, 0) is 60.9 Å². The van der Waals surface area contributed by atoms with E-state index in [1.807, 2.05) is 6.92 Å². The maximum Gasteiger partial charge on any atom is 0.301 e. The van der Waals surface area contributed by atoms with Gasteiger partial charge in [0.1, 0.15) is 24.8 Å². The molecule has 250 valence electrons. The second kappa shape index (κ2) is 15.1. The van der Waals surface area contributed by atoms with E-state index >= 15 is 0 Å². The van der Waals surface area contributed by atoms with Crippen LogP contribution in [0.25, 0.3) is 5.76 Å². The molecular weight excluding hydrogens is 658 g/mol. The molecule has 0 bridgehead atoms. The average Bonchev–Trinajstić information content (AvgIpc) is 3.67. The molecule has 0 spiro atoms. The molecule has 4 aromatic rings. The quantitative estimate of drug-likeness (QED) is 0.0381. The van der Waals surface area contributed by atoms with Gasteiger partial charge >= 0.3 is 5.91 Å². The molecule has 48 heavy (non-hydrogen) atoms. The van der Waals surface area contributed by atoms with Crippen LogP contribution in [0.3, 0.4) is 0 Å². The van der Waals surface area contributed by atoms with E-state index in [9.17, 15) is 19.1 Å². The second-order valence-corrected chi connectivity index (χ2v) is 13.1. The highest BCUT2D eigenvalue weighted by Crippen LogP contribution is 2.46. The first-order chi connectivity index (χ1) is 23.4. The first-order valence-electron chi connectivity index (χ1n) is 15.7. The van der Waals surface area contributed by atoms with E-state index in [2.05, 4.69) is 17.1 Å². The molecule has 3 heterocycles. The number of nitrogens with zero attached hydrogens (tertiary/aromatic N) is 3. The van der Waals surface area contributed by atoms with Crippen LogP contribution < -0.4 is 23.8 Å². The lowest BCUT2D eigenvalue weighted by Crippen LogP contribution is -2.29. The number of thioether (sulfide) groups is 1. The van der Waals surface area contributed by atoms with Gasteiger partial charge in [-0.3, -0.25) is 14.5 Å². The van der Waals surface area contributed by atoms with Crippen LogP contribution in [0.5, 0.6) is 23.0 Å². The van der Waals surface area contributed by atoms with E-state index in [-0.39, 0.29) is 27.8 Å². The number of ether oxygens (including phenoxy) is 4. The van der Waals surface area contributed by atoms with Crippen molar-refractivity contribution in [3.8, 4) is 23.0 Å². The number of aliphatic hydroxyl groups is 1. The number of carbonyl (C=O) groups is 2. The summed E-state index contributed by atoms with van der Waals surface area (Å²) in [7, 11) is 0. The summed E-state index contributed by atoms with van der Waals surface area (Å²) in [5.41, 5.74) is 1.14. The molecule has 13 heteroatoms. The number of hydrogen-bond acceptors (Lipinski definition) is 11. The number of rotatable bonds is 13. The molecule has 2 aliphatic heterocycles. The lowest BCUT2D eigenvalue weighted by atomic mass is 9.95. The number of aliphatic hydroxyl groups excluding tert-OH is 1. The van der Waals surface area contributed by atoms with Gasteiger partial charge in [0, 0.05) is 11.3 Å². The van der Waals surface area contributed by atoms with Crippen molar-refractivity contribution in [2.75, 3.05) is 31.3 Å². The Bertz CT molecular complexity index is 1850. The molecule has 1 amide bonds. The monoisotopic (exact) mass is 691 g/mol. The van der Waals surface area contributed by atoms with Crippen molar-refractivity contribution >= 4 is 45.7 Å². The summed E-state index contributed by atoms with van der Waals surface area (Å²) >= 11 is 2.36. The van der Waals surface area contributed by atoms with E-state index < -0.39 is 17.7 Å². The van der Waals surface area contributed by atoms with Gasteiger partial charge in [-0.2, -0.15) is 0 Å². The van der Waals surface area contributed by atoms with Crippen molar-refractivity contribution in [1.29, 1.82) is 0 Å². The molecule has 6 rings (SSSR count). The zero-order chi connectivity index (χ0) is 33.6. The maximum absolute atomic E-state index is 14.2. The van der Waals surface area contributed by atoms with Gasteiger partial charge in [0.05, 0.1) is 24.8 Å². The number of halogens is 1. The minimum Gasteiger partial charge on any atom is -0.507 e. The van der Waals surface area contributed by atoms with E-state index in [4.69, 9.17) is 18.9 Å². The Morgan fingerprint density at radius 3 is 2.60 bits per heavy atom. The van der Waals surface area contributed by atoms with Crippen LogP contribution >= 0.6 is 23.1 Å². The van der Waals surface area contributed by atoms with Crippen LogP contribution in [0.2, 0.25) is 0 Å². The summed E-state index contributed by atoms with van der Waals surface area (Å²) in [5.74, 6) is -0.278. The van der Waals surface area contributed by atoms with Crippen LogP contribution in [0.4, 0.5) is 9.52 Å². The lowest BCUT2D eigenvalue weighted by Gasteiger charge is -2.24. The highest BCUT2D eigenvalue weighted by atomic mass is 32.2. The van der Waals surface area contributed by atoms with Gasteiger partial charge < -0.3 is 24.1 Å². The van der Waals surface area contributed by atoms with Gasteiger partial charge in [-0.1, -0.05) is 67.1 Å². The molecule has 1 fully saturated rings. The van der Waals surface area contributed by atoms with Crippen molar-refractivity contribution in [3.05, 3.63) is 88.7 Å². The molecule has 0 saturated carbocycles. The second-order valence-electron chi connectivity index (χ2n) is 11.0. The average molecular weight is 692 g/mol. The van der Waals surface area contributed by atoms with Crippen molar-refractivity contribution in [1.82, 2.24) is 10.2 Å². The predicted molar refractivity (Wildman–Crippen MR) is 181 cm³/mol. The number of anilines is 1. The Labute approximate surface area is 285 Å². The molecule has 3 aromatic carbocycles. The van der Waals surface area contributed by atoms with Gasteiger partial charge in [0.2, 0.25) is 5.13 Å². The molecule has 0 radical (unpaired) electrons. The van der Waals surface area contributed by atoms with Gasteiger partial charge in [-0.25, -0.2) is 4.39 Å². The fourth-order valence-corrected chi connectivity index (χ4v) is 7.27. The fraction of sp³-hybridized carbons (Fsp3) is 0.314. The highest BCUT2D eigenvalue weighted by Gasteiger charge is 2.48. The Morgan fingerprint density at radius 2 is 1.81 bits per heavy atom. The molecule has 1 saturated heterocycles. The normalized spacial score (nSPS) is 16.7. The zero-order valence-corrected chi connectivity index (χ0v) is 28.1. The zero-order valence-electron chi connectivity index (χ0n) is 26.4. The number of fused-ring (bicyclic) bond motifs is 1. The highest BCUT2D eigenvalue weighted by molar-refractivity contribution is 8.00. The third-order valence-corrected chi connectivity index (χ3v) is 9.86. The third kappa shape index (κ3) is 6.97. The summed E-state index contributed by atoms with van der Waals surface area (Å²) in [5, 5.41) is 20.3. The third-order valence-electron chi connectivity index (χ3n) is 7.76. The minimum atomic E-state index is -1.08. The smallest absolute Gasteiger partial charge is 0.301 e. The number of Topliss-reactive ketones (excluding diaryl/α,β-unsaturated/α-hetero) is 1. The summed E-state index contributed by atoms with van der Waals surface area (Å²) in [4.78, 5) is 28.8. The molecule has 1 N–H and O–H groups in total. The summed E-state index contributed by atoms with van der Waals surface area (Å²) in [6, 6.07) is 15.4. The standard InChI is InChI=1S/C35H34FN3O7S2/c1-3-5-8-15-44-25-13-11-21(18-27(25)43-4-2)30-29(31(40)22-12-14-26-28(19-22)46-17-16-45-26)32(41)33(42)39(30)34-37-38-35(48-34)47-20-23-9-6-7-10-24(23)36/h6-7,9-14,18-19,30,40H,3-5,8,15-17,20H2,1-2H3/b31-29+. The molecule has 1 unspecified atom stereocenters. The molecule has 1 atom stereocenters. The largest absolute Gasteiger partial charge is 0.507 e. The Hall–Kier alpha value is -4.62. The van der Waals surface area contributed by atoms with E-state index in [0.29, 0.717) is 70.6 Å². The minimum absolute atomic E-state index is 0.133. The lowest BCUT2D eigenvalue weighted by molar-refractivity contribution is -0.132. The topological polar surface area (TPSA) is 120 Å². The Morgan fingerprint density at radius 1 is 1.00 bits per heavy atom. The summed E-state index contributed by atoms with van der Waals surface area (Å²) < 4.78 is 38.0. The number of amides is 1. The van der Waals surface area contributed by atoms with E-state index in [1.54, 1.807) is 54.6 Å². The first-order valence-corrected chi connectivity index (χ1v) is 17.5. The van der Waals surface area contributed by atoms with Crippen LogP contribution in [0.1, 0.15) is 55.8 Å². The van der Waals surface area contributed by atoms with Crippen LogP contribution in [0.15, 0.2) is 70.6 Å². The van der Waals surface area contributed by atoms with Crippen LogP contribution in [-0.2, 0) is 15.3 Å². The Balaban J connectivity index is 1.40. The molecule has 10 nitrogen and oxygen atoms in total. The molecule has 0 aliphatic carbocycles. The number of carbonyl (C=O) groups excluding carboxylic acids is 2. The molecular formula is C35H34FN3O7S2. The molecule has 1 aromatic heterocycles. The number of unbranched alkanes of at least 4 members (excludes halogenated alkanes) is 2. The van der Waals surface area contributed by atoms with Gasteiger partial charge in [0.15, 0.2) is 27.3 Å². The van der Waals surface area contributed by atoms with Crippen molar-refractivity contribution < 1.29 is 38.0 Å². The van der Waals surface area contributed by atoms with Crippen LogP contribution in [0, 0.1) is 5.82 Å². The van der Waals surface area contributed by atoms with E-state index in [0.717, 1.165) is 30.6 Å². The maximum atomic E-state index is 14.2. The van der Waals surface area contributed by atoms with Crippen molar-refractivity contribution in [2.45, 2.75) is 49.2 Å². The van der Waals surface area contributed by atoms with Crippen LogP contribution in [-0.4, -0.2) is 53.4 Å². The number of ketones is 1. The van der Waals surface area contributed by atoms with Crippen molar-refractivity contribution in [2.24, 2.45) is 0 Å². The number of benzene rings is 3. The Kier molecular flexibility index (Phi) is 10.5. The van der Waals surface area contributed by atoms with Gasteiger partial charge in [0.25, 0.3) is 5.78 Å². The predicted octanol–water partition coefficient (Wildman–Crippen LogP) is 7.33. The van der Waals surface area contributed by atoms with E-state index in [1.165, 1.54) is 22.7 Å². The first kappa shape index (κ1) is 33.3. The SMILES string of the molecule is CCCCCOc1ccc(C2/C(=C(\O)c3ccc4c(c3)OCCO4)C(=O)C(=O)N2c2nnc(SCc3ccccc3F)s2)cc1OCC. The number of hydrogen-bond donors (Lipinski definition) is 1. The van der Waals surface area contributed by atoms with Gasteiger partial charge in [-0.15, -0.1) is 10.2 Å². The fourth-order valence-electron chi connectivity index (χ4n) is 5.42. The summed E-state index contributed by atoms with van der Waals surface area (Å²) in [6.45, 7) is 5.56. The molecule has 2 aliphatic rings. The van der Waals surface area contributed by atoms with Crippen molar-refractivity contribution in [3.63, 3.8) is 0 Å².